The third kappa shape index (κ3) is 3.15. The summed E-state index contributed by atoms with van der Waals surface area (Å²) in [6.07, 6.45) is 0. The zero-order valence-electron chi connectivity index (χ0n) is 11.4. The maximum Gasteiger partial charge on any atom is 0.160 e. The van der Waals surface area contributed by atoms with Crippen LogP contribution in [0.15, 0.2) is 12.1 Å². The van der Waals surface area contributed by atoms with E-state index in [1.807, 2.05) is 0 Å². The molecule has 0 saturated carbocycles. The topological polar surface area (TPSA) is 15.3 Å². The van der Waals surface area contributed by atoms with Crippen LogP contribution in [0.4, 0.5) is 10.1 Å². The quantitative estimate of drug-likeness (QED) is 0.832. The first kappa shape index (κ1) is 14.9. The molecule has 2 nitrogen and oxygen atoms in total. The monoisotopic (exact) mass is 304 g/mol. The second-order valence-corrected chi connectivity index (χ2v) is 6.31. The van der Waals surface area contributed by atoms with E-state index in [9.17, 15) is 4.39 Å². The van der Waals surface area contributed by atoms with Crippen molar-refractivity contribution in [2.24, 2.45) is 5.92 Å². The predicted molar refractivity (Wildman–Crippen MR) is 79.9 cm³/mol. The molecule has 19 heavy (non-hydrogen) atoms. The third-order valence-electron chi connectivity index (χ3n) is 3.62. The number of halogens is 3. The predicted octanol–water partition coefficient (Wildman–Crippen LogP) is 3.96. The van der Waals surface area contributed by atoms with E-state index in [2.05, 4.69) is 31.0 Å². The second-order valence-electron chi connectivity index (χ2n) is 5.50. The minimum atomic E-state index is -0.545. The van der Waals surface area contributed by atoms with E-state index in [1.54, 1.807) is 12.1 Å². The van der Waals surface area contributed by atoms with Crippen LogP contribution in [0.1, 0.15) is 20.8 Å². The van der Waals surface area contributed by atoms with Crippen molar-refractivity contribution >= 4 is 28.9 Å². The molecular weight excluding hydrogens is 286 g/mol. The number of nitrogens with zero attached hydrogens (tertiary/aromatic N) is 1. The molecule has 0 aromatic heterocycles. The Hall–Kier alpha value is -0.510. The van der Waals surface area contributed by atoms with Crippen LogP contribution in [0.3, 0.4) is 0 Å². The zero-order chi connectivity index (χ0) is 14.2. The molecule has 106 valence electrons. The standard InChI is InChI=1S/C14H19Cl2FN2/c1-8(2)13-6-18-9(3)7-19(13)10-4-11(15)14(17)12(16)5-10/h4-5,8-9,13,18H,6-7H2,1-3H3. The summed E-state index contributed by atoms with van der Waals surface area (Å²) in [5, 5.41) is 3.63. The van der Waals surface area contributed by atoms with Crippen molar-refractivity contribution in [3.8, 4) is 0 Å². The Kier molecular flexibility index (Phi) is 4.59. The first-order chi connectivity index (χ1) is 8.90. The minimum absolute atomic E-state index is 0.0798. The van der Waals surface area contributed by atoms with E-state index in [-0.39, 0.29) is 10.0 Å². The number of piperazine rings is 1. The molecule has 2 unspecified atom stereocenters. The van der Waals surface area contributed by atoms with Crippen LogP contribution in [0.25, 0.3) is 0 Å². The fourth-order valence-electron chi connectivity index (χ4n) is 2.53. The molecule has 0 bridgehead atoms. The van der Waals surface area contributed by atoms with Crippen LogP contribution in [-0.2, 0) is 0 Å². The Morgan fingerprint density at radius 3 is 2.42 bits per heavy atom. The number of anilines is 1. The average Bonchev–Trinajstić information content (AvgIpc) is 2.34. The summed E-state index contributed by atoms with van der Waals surface area (Å²) < 4.78 is 13.5. The lowest BCUT2D eigenvalue weighted by Gasteiger charge is -2.43. The number of rotatable bonds is 2. The Bertz CT molecular complexity index is 442. The summed E-state index contributed by atoms with van der Waals surface area (Å²) in [6.45, 7) is 8.27. The number of nitrogens with one attached hydrogen (secondary N) is 1. The number of hydrogen-bond acceptors (Lipinski definition) is 2. The van der Waals surface area contributed by atoms with Gasteiger partial charge < -0.3 is 10.2 Å². The summed E-state index contributed by atoms with van der Waals surface area (Å²) in [7, 11) is 0. The molecule has 1 heterocycles. The number of benzene rings is 1. The van der Waals surface area contributed by atoms with Gasteiger partial charge in [0, 0.05) is 30.9 Å². The van der Waals surface area contributed by atoms with Crippen molar-refractivity contribution in [3.63, 3.8) is 0 Å². The maximum atomic E-state index is 13.5. The summed E-state index contributed by atoms with van der Waals surface area (Å²) in [4.78, 5) is 2.27. The zero-order valence-corrected chi connectivity index (χ0v) is 12.9. The van der Waals surface area contributed by atoms with Crippen molar-refractivity contribution in [3.05, 3.63) is 28.0 Å². The van der Waals surface area contributed by atoms with Crippen LogP contribution < -0.4 is 10.2 Å². The van der Waals surface area contributed by atoms with Gasteiger partial charge in [-0.2, -0.15) is 0 Å². The van der Waals surface area contributed by atoms with Gasteiger partial charge in [-0.1, -0.05) is 37.0 Å². The van der Waals surface area contributed by atoms with Gasteiger partial charge >= 0.3 is 0 Å². The normalized spacial score (nSPS) is 24.1. The molecule has 1 fully saturated rings. The van der Waals surface area contributed by atoms with E-state index in [0.29, 0.717) is 18.0 Å². The molecule has 1 N–H and O–H groups in total. The van der Waals surface area contributed by atoms with Gasteiger partial charge in [0.05, 0.1) is 10.0 Å². The highest BCUT2D eigenvalue weighted by molar-refractivity contribution is 6.35. The van der Waals surface area contributed by atoms with Crippen LogP contribution >= 0.6 is 23.2 Å². The molecule has 1 aromatic rings. The molecule has 1 aliphatic rings. The first-order valence-electron chi connectivity index (χ1n) is 6.54. The van der Waals surface area contributed by atoms with Crippen molar-refractivity contribution in [1.29, 1.82) is 0 Å². The minimum Gasteiger partial charge on any atom is -0.365 e. The summed E-state index contributed by atoms with van der Waals surface area (Å²) in [6, 6.07) is 4.07. The van der Waals surface area contributed by atoms with Crippen LogP contribution in [0.2, 0.25) is 10.0 Å². The molecule has 1 aliphatic heterocycles. The summed E-state index contributed by atoms with van der Waals surface area (Å²) >= 11 is 11.8. The van der Waals surface area contributed by atoms with E-state index in [0.717, 1.165) is 18.8 Å². The highest BCUT2D eigenvalue weighted by atomic mass is 35.5. The SMILES string of the molecule is CC1CN(c2cc(Cl)c(F)c(Cl)c2)C(C(C)C)CN1. The van der Waals surface area contributed by atoms with Gasteiger partial charge in [-0.25, -0.2) is 4.39 Å². The van der Waals surface area contributed by atoms with E-state index in [4.69, 9.17) is 23.2 Å². The van der Waals surface area contributed by atoms with E-state index >= 15 is 0 Å². The fraction of sp³-hybridized carbons (Fsp3) is 0.571. The smallest absolute Gasteiger partial charge is 0.160 e. The molecule has 0 amide bonds. The number of hydrogen-bond donors (Lipinski definition) is 1. The largest absolute Gasteiger partial charge is 0.365 e. The van der Waals surface area contributed by atoms with Crippen LogP contribution in [0, 0.1) is 11.7 Å². The van der Waals surface area contributed by atoms with Gasteiger partial charge in [0.2, 0.25) is 0 Å². The van der Waals surface area contributed by atoms with Gasteiger partial charge in [-0.3, -0.25) is 0 Å². The molecule has 0 radical (unpaired) electrons. The lowest BCUT2D eigenvalue weighted by Crippen LogP contribution is -2.57. The van der Waals surface area contributed by atoms with Gasteiger partial charge in [0.25, 0.3) is 0 Å². The lowest BCUT2D eigenvalue weighted by atomic mass is 9.98. The fourth-order valence-corrected chi connectivity index (χ4v) is 3.00. The van der Waals surface area contributed by atoms with Gasteiger partial charge in [0.15, 0.2) is 5.82 Å². The molecule has 0 spiro atoms. The highest BCUT2D eigenvalue weighted by Gasteiger charge is 2.29. The van der Waals surface area contributed by atoms with Crippen molar-refractivity contribution < 1.29 is 4.39 Å². The van der Waals surface area contributed by atoms with E-state index < -0.39 is 5.82 Å². The van der Waals surface area contributed by atoms with Crippen molar-refractivity contribution in [2.45, 2.75) is 32.9 Å². The molecular formula is C14H19Cl2FN2. The summed E-state index contributed by atoms with van der Waals surface area (Å²) in [5.74, 6) is -0.0565. The molecule has 5 heteroatoms. The molecule has 1 aromatic carbocycles. The van der Waals surface area contributed by atoms with Crippen molar-refractivity contribution in [1.82, 2.24) is 5.32 Å². The maximum absolute atomic E-state index is 13.5. The Morgan fingerprint density at radius 2 is 1.89 bits per heavy atom. The Balaban J connectivity index is 2.36. The van der Waals surface area contributed by atoms with Gasteiger partial charge in [0.1, 0.15) is 0 Å². The molecule has 2 atom stereocenters. The Labute approximate surface area is 123 Å². The average molecular weight is 305 g/mol. The molecule has 2 rings (SSSR count). The lowest BCUT2D eigenvalue weighted by molar-refractivity contribution is 0.349. The van der Waals surface area contributed by atoms with Crippen LogP contribution in [0.5, 0.6) is 0 Å². The van der Waals surface area contributed by atoms with Crippen LogP contribution in [-0.4, -0.2) is 25.2 Å². The first-order valence-corrected chi connectivity index (χ1v) is 7.30. The Morgan fingerprint density at radius 1 is 1.32 bits per heavy atom. The van der Waals surface area contributed by atoms with Gasteiger partial charge in [-0.05, 0) is 25.0 Å². The molecule has 1 saturated heterocycles. The van der Waals surface area contributed by atoms with E-state index in [1.165, 1.54) is 0 Å². The third-order valence-corrected chi connectivity index (χ3v) is 4.17. The molecule has 0 aliphatic carbocycles. The second kappa shape index (κ2) is 5.86. The van der Waals surface area contributed by atoms with Crippen molar-refractivity contribution in [2.75, 3.05) is 18.0 Å². The highest BCUT2D eigenvalue weighted by Crippen LogP contribution is 2.32. The summed E-state index contributed by atoms with van der Waals surface area (Å²) in [5.41, 5.74) is 0.892. The van der Waals surface area contributed by atoms with Gasteiger partial charge in [-0.15, -0.1) is 0 Å².